The molecular formula is C27H29FN3O2+. The van der Waals surface area contributed by atoms with Crippen LogP contribution in [0.2, 0.25) is 0 Å². The van der Waals surface area contributed by atoms with E-state index in [1.54, 1.807) is 12.1 Å². The Bertz CT molecular complexity index is 1130. The predicted octanol–water partition coefficient (Wildman–Crippen LogP) is 4.02. The van der Waals surface area contributed by atoms with Crippen LogP contribution in [0.25, 0.3) is 6.08 Å². The standard InChI is InChI=1S/C27H28FN3O2/c1-30(18-19-6-8-24(28)9-7-19)26(33)31-12-10-27(11-13-31)16-23(27)17-29-25(32)22-14-20-4-2-3-5-21(20)15-22/h2-9,14,23H,1,10-13,15-18H2/p+1. The summed E-state index contributed by atoms with van der Waals surface area (Å²) in [7, 11) is 0. The van der Waals surface area contributed by atoms with Gasteiger partial charge in [0.2, 0.25) is 5.91 Å². The van der Waals surface area contributed by atoms with Crippen LogP contribution >= 0.6 is 0 Å². The molecule has 6 heteroatoms. The number of fused-ring (bicyclic) bond motifs is 1. The number of rotatable bonds is 5. The van der Waals surface area contributed by atoms with Crippen molar-refractivity contribution in [3.05, 3.63) is 76.6 Å². The molecular weight excluding hydrogens is 417 g/mol. The summed E-state index contributed by atoms with van der Waals surface area (Å²) in [6, 6.07) is 14.2. The molecule has 3 amide bonds. The summed E-state index contributed by atoms with van der Waals surface area (Å²) in [6.07, 6.45) is 5.72. The van der Waals surface area contributed by atoms with E-state index in [9.17, 15) is 14.0 Å². The fourth-order valence-corrected chi connectivity index (χ4v) is 5.31. The Hall–Kier alpha value is -3.28. The van der Waals surface area contributed by atoms with Crippen molar-refractivity contribution in [1.82, 2.24) is 10.2 Å². The van der Waals surface area contributed by atoms with Gasteiger partial charge in [-0.25, -0.2) is 13.9 Å². The molecule has 2 aromatic carbocycles. The molecule has 1 saturated carbocycles. The number of likely N-dealkylation sites (tertiary alicyclic amines) is 1. The molecule has 33 heavy (non-hydrogen) atoms. The quantitative estimate of drug-likeness (QED) is 0.557. The molecule has 170 valence electrons. The van der Waals surface area contributed by atoms with Gasteiger partial charge in [-0.1, -0.05) is 36.4 Å². The summed E-state index contributed by atoms with van der Waals surface area (Å²) < 4.78 is 14.5. The summed E-state index contributed by atoms with van der Waals surface area (Å²) in [5, 5.41) is 3.14. The van der Waals surface area contributed by atoms with E-state index >= 15 is 0 Å². The fourth-order valence-electron chi connectivity index (χ4n) is 5.31. The minimum Gasteiger partial charge on any atom is -0.352 e. The zero-order valence-corrected chi connectivity index (χ0v) is 18.7. The summed E-state index contributed by atoms with van der Waals surface area (Å²) in [5.74, 6) is 0.231. The monoisotopic (exact) mass is 446 g/mol. The number of nitrogens with zero attached hydrogens (tertiary/aromatic N) is 2. The van der Waals surface area contributed by atoms with Crippen molar-refractivity contribution >= 4 is 24.7 Å². The molecule has 5 rings (SSSR count). The number of nitrogens with one attached hydrogen (secondary N) is 1. The Balaban J connectivity index is 1.07. The molecule has 2 aliphatic carbocycles. The number of hydrogen-bond acceptors (Lipinski definition) is 2. The Morgan fingerprint density at radius 2 is 1.85 bits per heavy atom. The third kappa shape index (κ3) is 4.47. The van der Waals surface area contributed by atoms with Crippen molar-refractivity contribution in [2.75, 3.05) is 19.6 Å². The molecule has 2 fully saturated rings. The van der Waals surface area contributed by atoms with E-state index in [-0.39, 0.29) is 23.2 Å². The highest BCUT2D eigenvalue weighted by Gasteiger charge is 2.56. The van der Waals surface area contributed by atoms with Gasteiger partial charge in [-0.15, -0.1) is 0 Å². The third-order valence-electron chi connectivity index (χ3n) is 7.51. The van der Waals surface area contributed by atoms with Gasteiger partial charge in [0.25, 0.3) is 0 Å². The van der Waals surface area contributed by atoms with E-state index in [2.05, 4.69) is 18.1 Å². The van der Waals surface area contributed by atoms with Gasteiger partial charge in [0.1, 0.15) is 12.4 Å². The second-order valence-corrected chi connectivity index (χ2v) is 9.61. The van der Waals surface area contributed by atoms with Gasteiger partial charge in [-0.05, 0) is 65.5 Å². The third-order valence-corrected chi connectivity index (χ3v) is 7.51. The van der Waals surface area contributed by atoms with Crippen LogP contribution < -0.4 is 5.32 Å². The van der Waals surface area contributed by atoms with E-state index in [4.69, 9.17) is 0 Å². The first-order valence-electron chi connectivity index (χ1n) is 11.6. The maximum Gasteiger partial charge on any atom is 0.492 e. The topological polar surface area (TPSA) is 52.4 Å². The minimum atomic E-state index is -0.290. The molecule has 5 nitrogen and oxygen atoms in total. The van der Waals surface area contributed by atoms with Crippen molar-refractivity contribution in [2.45, 2.75) is 32.2 Å². The number of carbonyl (C=O) groups is 2. The summed E-state index contributed by atoms with van der Waals surface area (Å²) >= 11 is 0. The number of hydrogen-bond donors (Lipinski definition) is 1. The lowest BCUT2D eigenvalue weighted by atomic mass is 9.91. The molecule has 3 aliphatic rings. The second-order valence-electron chi connectivity index (χ2n) is 9.61. The summed E-state index contributed by atoms with van der Waals surface area (Å²) in [5.41, 5.74) is 4.29. The van der Waals surface area contributed by atoms with Crippen molar-refractivity contribution in [3.8, 4) is 0 Å². The minimum absolute atomic E-state index is 0.0364. The Morgan fingerprint density at radius 3 is 2.58 bits per heavy atom. The van der Waals surface area contributed by atoms with Gasteiger partial charge < -0.3 is 5.32 Å². The maximum atomic E-state index is 13.1. The highest BCUT2D eigenvalue weighted by molar-refractivity contribution is 6.00. The Labute approximate surface area is 193 Å². The van der Waals surface area contributed by atoms with E-state index in [0.717, 1.165) is 36.0 Å². The first-order valence-corrected chi connectivity index (χ1v) is 11.6. The van der Waals surface area contributed by atoms with Gasteiger partial charge in [0, 0.05) is 18.5 Å². The van der Waals surface area contributed by atoms with Crippen molar-refractivity contribution in [2.24, 2.45) is 11.3 Å². The summed E-state index contributed by atoms with van der Waals surface area (Å²) in [6.45, 7) is 6.37. The molecule has 0 aromatic heterocycles. The first kappa shape index (κ1) is 21.6. The van der Waals surface area contributed by atoms with Crippen LogP contribution in [0.5, 0.6) is 0 Å². The lowest BCUT2D eigenvalue weighted by Gasteiger charge is -2.28. The number of benzene rings is 2. The molecule has 1 saturated heterocycles. The molecule has 1 spiro atoms. The highest BCUT2D eigenvalue weighted by Crippen LogP contribution is 2.59. The molecule has 2 aromatic rings. The SMILES string of the molecule is C=[N+](Cc1ccc(F)cc1)C(=O)N1CCC2(CC1)CC2CNC(=O)C1=Cc2ccccc2C1. The Kier molecular flexibility index (Phi) is 5.60. The van der Waals surface area contributed by atoms with E-state index in [0.29, 0.717) is 38.5 Å². The van der Waals surface area contributed by atoms with Gasteiger partial charge >= 0.3 is 6.03 Å². The van der Waals surface area contributed by atoms with E-state index < -0.39 is 0 Å². The lowest BCUT2D eigenvalue weighted by molar-refractivity contribution is -0.445. The molecule has 1 N–H and O–H groups in total. The van der Waals surface area contributed by atoms with Crippen molar-refractivity contribution in [1.29, 1.82) is 0 Å². The van der Waals surface area contributed by atoms with Crippen molar-refractivity contribution < 1.29 is 18.6 Å². The van der Waals surface area contributed by atoms with Gasteiger partial charge in [-0.3, -0.25) is 4.79 Å². The van der Waals surface area contributed by atoms with Crippen LogP contribution in [0.1, 0.15) is 36.0 Å². The molecule has 1 aliphatic heterocycles. The first-order chi connectivity index (χ1) is 15.9. The van der Waals surface area contributed by atoms with Crippen LogP contribution in [-0.2, 0) is 17.8 Å². The zero-order valence-electron chi connectivity index (χ0n) is 18.7. The van der Waals surface area contributed by atoms with E-state index in [1.165, 1.54) is 22.3 Å². The Morgan fingerprint density at radius 1 is 1.12 bits per heavy atom. The number of amides is 3. The summed E-state index contributed by atoms with van der Waals surface area (Å²) in [4.78, 5) is 27.3. The molecule has 1 atom stereocenters. The van der Waals surface area contributed by atoms with E-state index in [1.807, 2.05) is 29.2 Å². The molecule has 1 unspecified atom stereocenters. The largest absolute Gasteiger partial charge is 0.492 e. The zero-order chi connectivity index (χ0) is 23.0. The van der Waals surface area contributed by atoms with Crippen molar-refractivity contribution in [3.63, 3.8) is 0 Å². The average Bonchev–Trinajstić information content (AvgIpc) is 3.30. The number of halogens is 1. The second kappa shape index (κ2) is 8.58. The van der Waals surface area contributed by atoms with Crippen LogP contribution in [-0.4, -0.2) is 47.8 Å². The normalized spacial score (nSPS) is 20.2. The van der Waals surface area contributed by atoms with Crippen LogP contribution in [0.3, 0.4) is 0 Å². The van der Waals surface area contributed by atoms with Crippen LogP contribution in [0, 0.1) is 17.2 Å². The molecule has 0 radical (unpaired) electrons. The maximum absolute atomic E-state index is 13.1. The van der Waals surface area contributed by atoms with Crippen LogP contribution in [0.4, 0.5) is 9.18 Å². The fraction of sp³-hybridized carbons (Fsp3) is 0.370. The lowest BCUT2D eigenvalue weighted by Crippen LogP contribution is -2.43. The number of urea groups is 1. The number of piperidine rings is 1. The van der Waals surface area contributed by atoms with Gasteiger partial charge in [0.15, 0.2) is 0 Å². The molecule has 0 bridgehead atoms. The smallest absolute Gasteiger partial charge is 0.352 e. The number of carbonyl (C=O) groups excluding carboxylic acids is 2. The van der Waals surface area contributed by atoms with Gasteiger partial charge in [0.05, 0.1) is 19.8 Å². The molecule has 1 heterocycles. The average molecular weight is 447 g/mol. The van der Waals surface area contributed by atoms with Crippen LogP contribution in [0.15, 0.2) is 54.1 Å². The van der Waals surface area contributed by atoms with Gasteiger partial charge in [-0.2, -0.15) is 4.79 Å². The highest BCUT2D eigenvalue weighted by atomic mass is 19.1. The predicted molar refractivity (Wildman–Crippen MR) is 125 cm³/mol.